The molecule has 0 aliphatic carbocycles. The fourth-order valence-electron chi connectivity index (χ4n) is 6.29. The number of rotatable bonds is 9. The lowest BCUT2D eigenvalue weighted by Crippen LogP contribution is -2.01. The molecule has 0 amide bonds. The van der Waals surface area contributed by atoms with Crippen LogP contribution in [0.5, 0.6) is 11.5 Å². The number of benzene rings is 7. The van der Waals surface area contributed by atoms with Crippen LogP contribution in [-0.4, -0.2) is 29.9 Å². The van der Waals surface area contributed by atoms with Gasteiger partial charge in [0.05, 0.1) is 5.56 Å². The van der Waals surface area contributed by atoms with Crippen molar-refractivity contribution >= 4 is 0 Å². The van der Waals surface area contributed by atoms with Crippen molar-refractivity contribution in [2.75, 3.05) is 0 Å². The number of hydrogen-bond acceptors (Lipinski definition) is 7. The van der Waals surface area contributed by atoms with E-state index in [1.807, 2.05) is 158 Å². The van der Waals surface area contributed by atoms with Crippen LogP contribution in [-0.2, 0) is 0 Å². The number of ether oxygens (including phenoxy) is 1. The highest BCUT2D eigenvalue weighted by Crippen LogP contribution is 2.35. The van der Waals surface area contributed by atoms with Gasteiger partial charge in [0.1, 0.15) is 11.5 Å². The van der Waals surface area contributed by atoms with Gasteiger partial charge in [0, 0.05) is 27.8 Å². The predicted octanol–water partition coefficient (Wildman–Crippen LogP) is 11.5. The highest BCUT2D eigenvalue weighted by molar-refractivity contribution is 5.73. The van der Waals surface area contributed by atoms with Gasteiger partial charge in [-0.2, -0.15) is 0 Å². The number of nitrogens with zero attached hydrogens (tertiary/aromatic N) is 6. The van der Waals surface area contributed by atoms with Crippen LogP contribution in [0, 0.1) is 0 Å². The van der Waals surface area contributed by atoms with Gasteiger partial charge in [-0.15, -0.1) is 0 Å². The average molecular weight is 709 g/mol. The molecule has 0 saturated heterocycles. The number of para-hydroxylation sites is 1. The van der Waals surface area contributed by atoms with Gasteiger partial charge in [0.15, 0.2) is 34.9 Å². The first-order valence-electron chi connectivity index (χ1n) is 18.0. The third kappa shape index (κ3) is 7.36. The molecule has 55 heavy (non-hydrogen) atoms. The summed E-state index contributed by atoms with van der Waals surface area (Å²) in [5.74, 6) is 4.58. The molecular weight excluding hydrogens is 677 g/mol. The summed E-state index contributed by atoms with van der Waals surface area (Å²) < 4.78 is 6.64. The molecule has 9 rings (SSSR count). The van der Waals surface area contributed by atoms with Crippen LogP contribution in [0.25, 0.3) is 79.5 Å². The molecule has 260 valence electrons. The van der Waals surface area contributed by atoms with E-state index in [-0.39, 0.29) is 0 Å². The summed E-state index contributed by atoms with van der Waals surface area (Å²) in [5, 5.41) is 0. The average Bonchev–Trinajstić information content (AvgIpc) is 3.27. The van der Waals surface area contributed by atoms with E-state index in [1.54, 1.807) is 0 Å². The van der Waals surface area contributed by atoms with Crippen molar-refractivity contribution < 1.29 is 4.74 Å². The van der Waals surface area contributed by atoms with Crippen LogP contribution in [0.15, 0.2) is 194 Å². The summed E-state index contributed by atoms with van der Waals surface area (Å²) in [6.07, 6.45) is 0. The van der Waals surface area contributed by atoms with Crippen LogP contribution in [0.3, 0.4) is 0 Å². The normalized spacial score (nSPS) is 10.9. The van der Waals surface area contributed by atoms with E-state index < -0.39 is 0 Å². The third-order valence-corrected chi connectivity index (χ3v) is 9.07. The molecule has 0 atom stereocenters. The van der Waals surface area contributed by atoms with Crippen molar-refractivity contribution in [2.24, 2.45) is 0 Å². The zero-order chi connectivity index (χ0) is 36.8. The van der Waals surface area contributed by atoms with E-state index in [0.29, 0.717) is 46.4 Å². The van der Waals surface area contributed by atoms with Crippen LogP contribution in [0.2, 0.25) is 0 Å². The second-order valence-electron chi connectivity index (χ2n) is 12.8. The first-order valence-corrected chi connectivity index (χ1v) is 18.0. The first-order chi connectivity index (χ1) is 27.2. The SMILES string of the molecule is c1ccc(-c2ccc(-c3nc(-c4ccccc4)nc(-c4ccccc4Oc4cccc(-c5nc(-c6ccccc6)nc(-c6ccccc6)n5)c4)n3)cc2)cc1. The molecule has 9 aromatic rings. The maximum Gasteiger partial charge on any atom is 0.167 e. The molecule has 2 heterocycles. The van der Waals surface area contributed by atoms with Crippen LogP contribution >= 0.6 is 0 Å². The highest BCUT2D eigenvalue weighted by Gasteiger charge is 2.17. The maximum absolute atomic E-state index is 6.64. The van der Waals surface area contributed by atoms with E-state index in [0.717, 1.165) is 44.5 Å². The maximum atomic E-state index is 6.64. The number of aromatic nitrogens is 6. The molecule has 0 spiro atoms. The highest BCUT2D eigenvalue weighted by atomic mass is 16.5. The van der Waals surface area contributed by atoms with Crippen molar-refractivity contribution in [1.29, 1.82) is 0 Å². The van der Waals surface area contributed by atoms with Gasteiger partial charge >= 0.3 is 0 Å². The monoisotopic (exact) mass is 708 g/mol. The van der Waals surface area contributed by atoms with Crippen LogP contribution in [0.4, 0.5) is 0 Å². The van der Waals surface area contributed by atoms with Gasteiger partial charge in [-0.3, -0.25) is 0 Å². The molecular formula is C48H32N6O. The smallest absolute Gasteiger partial charge is 0.167 e. The summed E-state index contributed by atoms with van der Waals surface area (Å²) in [5.41, 5.74) is 7.37. The number of hydrogen-bond donors (Lipinski definition) is 0. The van der Waals surface area contributed by atoms with Gasteiger partial charge in [0.25, 0.3) is 0 Å². The van der Waals surface area contributed by atoms with Gasteiger partial charge in [0.2, 0.25) is 0 Å². The van der Waals surface area contributed by atoms with E-state index in [9.17, 15) is 0 Å². The topological polar surface area (TPSA) is 86.6 Å². The minimum atomic E-state index is 0.500. The lowest BCUT2D eigenvalue weighted by molar-refractivity contribution is 0.484. The molecule has 0 radical (unpaired) electrons. The standard InChI is InChI=1S/C48H32N6O/c1-5-16-33(17-6-1)34-28-30-38(31-29-34)46-50-45(37-22-11-4-12-23-37)53-48(54-46)41-26-13-14-27-42(41)55-40-25-15-24-39(32-40)47-51-43(35-18-7-2-8-19-35)49-44(52-47)36-20-9-3-10-21-36/h1-32H. The Morgan fingerprint density at radius 1 is 0.255 bits per heavy atom. The van der Waals surface area contributed by atoms with E-state index in [2.05, 4.69) is 36.4 Å². The predicted molar refractivity (Wildman–Crippen MR) is 218 cm³/mol. The van der Waals surface area contributed by atoms with Crippen molar-refractivity contribution in [1.82, 2.24) is 29.9 Å². The minimum Gasteiger partial charge on any atom is -0.457 e. The summed E-state index contributed by atoms with van der Waals surface area (Å²) in [6, 6.07) is 64.0. The Bertz CT molecular complexity index is 2650. The van der Waals surface area contributed by atoms with E-state index in [1.165, 1.54) is 0 Å². The fourth-order valence-corrected chi connectivity index (χ4v) is 6.29. The zero-order valence-corrected chi connectivity index (χ0v) is 29.6. The van der Waals surface area contributed by atoms with Gasteiger partial charge < -0.3 is 4.74 Å². The molecule has 0 bridgehead atoms. The van der Waals surface area contributed by atoms with Crippen LogP contribution < -0.4 is 4.74 Å². The quantitative estimate of drug-likeness (QED) is 0.147. The lowest BCUT2D eigenvalue weighted by atomic mass is 10.0. The second-order valence-corrected chi connectivity index (χ2v) is 12.8. The Kier molecular flexibility index (Phi) is 9.15. The van der Waals surface area contributed by atoms with Crippen molar-refractivity contribution in [3.63, 3.8) is 0 Å². The summed E-state index contributed by atoms with van der Waals surface area (Å²) >= 11 is 0. The lowest BCUT2D eigenvalue weighted by Gasteiger charge is -2.13. The summed E-state index contributed by atoms with van der Waals surface area (Å²) in [4.78, 5) is 29.6. The first kappa shape index (κ1) is 33.2. The molecule has 0 unspecified atom stereocenters. The Balaban J connectivity index is 1.09. The van der Waals surface area contributed by atoms with Crippen LogP contribution in [0.1, 0.15) is 0 Å². The molecule has 0 aliphatic rings. The molecule has 0 N–H and O–H groups in total. The van der Waals surface area contributed by atoms with E-state index in [4.69, 9.17) is 34.6 Å². The molecule has 0 fully saturated rings. The van der Waals surface area contributed by atoms with Crippen molar-refractivity contribution in [3.8, 4) is 91.0 Å². The largest absolute Gasteiger partial charge is 0.457 e. The Morgan fingerprint density at radius 3 is 1.11 bits per heavy atom. The molecule has 7 aromatic carbocycles. The molecule has 0 aliphatic heterocycles. The third-order valence-electron chi connectivity index (χ3n) is 9.07. The second kappa shape index (κ2) is 15.1. The summed E-state index contributed by atoms with van der Waals surface area (Å²) in [7, 11) is 0. The van der Waals surface area contributed by atoms with Crippen molar-refractivity contribution in [2.45, 2.75) is 0 Å². The van der Waals surface area contributed by atoms with Gasteiger partial charge in [-0.25, -0.2) is 29.9 Å². The Hall–Kier alpha value is -7.64. The van der Waals surface area contributed by atoms with E-state index >= 15 is 0 Å². The Morgan fingerprint density at radius 2 is 0.600 bits per heavy atom. The molecule has 7 heteroatoms. The molecule has 7 nitrogen and oxygen atoms in total. The Labute approximate surface area is 318 Å². The zero-order valence-electron chi connectivity index (χ0n) is 29.6. The van der Waals surface area contributed by atoms with Gasteiger partial charge in [-0.1, -0.05) is 170 Å². The minimum absolute atomic E-state index is 0.500. The van der Waals surface area contributed by atoms with Crippen molar-refractivity contribution in [3.05, 3.63) is 194 Å². The molecule has 0 saturated carbocycles. The summed E-state index contributed by atoms with van der Waals surface area (Å²) in [6.45, 7) is 0. The molecule has 2 aromatic heterocycles. The fraction of sp³-hybridized carbons (Fsp3) is 0. The van der Waals surface area contributed by atoms with Gasteiger partial charge in [-0.05, 0) is 35.4 Å².